The fourth-order valence-electron chi connectivity index (χ4n) is 5.68. The van der Waals surface area contributed by atoms with Gasteiger partial charge in [0.2, 0.25) is 5.91 Å². The van der Waals surface area contributed by atoms with Gasteiger partial charge in [-0.1, -0.05) is 12.5 Å². The predicted molar refractivity (Wildman–Crippen MR) is 138 cm³/mol. The summed E-state index contributed by atoms with van der Waals surface area (Å²) in [6.45, 7) is 6.75. The van der Waals surface area contributed by atoms with Crippen LogP contribution in [0.2, 0.25) is 0 Å². The first-order valence-corrected chi connectivity index (χ1v) is 13.3. The Kier molecular flexibility index (Phi) is 6.69. The van der Waals surface area contributed by atoms with Crippen molar-refractivity contribution < 1.29 is 9.53 Å². The number of anilines is 1. The number of rotatable bonds is 6. The number of amides is 1. The van der Waals surface area contributed by atoms with Gasteiger partial charge in [-0.25, -0.2) is 0 Å². The Balaban J connectivity index is 1.16. The van der Waals surface area contributed by atoms with Crippen molar-refractivity contribution in [3.05, 3.63) is 36.2 Å². The van der Waals surface area contributed by atoms with E-state index in [4.69, 9.17) is 4.74 Å². The average Bonchev–Trinajstić information content (AvgIpc) is 3.23. The molecule has 0 radical (unpaired) electrons. The second-order valence-corrected chi connectivity index (χ2v) is 10.5. The molecule has 190 valence electrons. The number of likely N-dealkylation sites (tertiary alicyclic amines) is 2. The van der Waals surface area contributed by atoms with Crippen LogP contribution >= 0.6 is 0 Å². The lowest BCUT2D eigenvalue weighted by Crippen LogP contribution is -2.52. The van der Waals surface area contributed by atoms with E-state index in [1.165, 1.54) is 25.0 Å². The Morgan fingerprint density at radius 1 is 1.06 bits per heavy atom. The van der Waals surface area contributed by atoms with Crippen LogP contribution in [-0.2, 0) is 23.1 Å². The van der Waals surface area contributed by atoms with Crippen molar-refractivity contribution >= 4 is 22.6 Å². The fourth-order valence-corrected chi connectivity index (χ4v) is 5.68. The van der Waals surface area contributed by atoms with E-state index in [1.807, 2.05) is 30.1 Å². The van der Waals surface area contributed by atoms with E-state index in [-0.39, 0.29) is 11.8 Å². The fraction of sp³-hybridized carbons (Fsp3) is 0.556. The molecule has 0 atom stereocenters. The van der Waals surface area contributed by atoms with Gasteiger partial charge in [-0.3, -0.25) is 19.3 Å². The van der Waals surface area contributed by atoms with E-state index >= 15 is 0 Å². The molecule has 2 aromatic heterocycles. The summed E-state index contributed by atoms with van der Waals surface area (Å²) in [6, 6.07) is 8.70. The molecule has 0 spiro atoms. The van der Waals surface area contributed by atoms with Crippen LogP contribution < -0.4 is 5.32 Å². The summed E-state index contributed by atoms with van der Waals surface area (Å²) < 4.78 is 7.31. The van der Waals surface area contributed by atoms with Gasteiger partial charge >= 0.3 is 0 Å². The highest BCUT2D eigenvalue weighted by molar-refractivity contribution is 5.94. The third-order valence-corrected chi connectivity index (χ3v) is 8.07. The number of aromatic nitrogens is 4. The number of hydrogen-bond acceptors (Lipinski definition) is 7. The molecule has 0 aliphatic carbocycles. The lowest BCUT2D eigenvalue weighted by atomic mass is 9.94. The van der Waals surface area contributed by atoms with Gasteiger partial charge in [0.25, 0.3) is 0 Å². The van der Waals surface area contributed by atoms with E-state index in [0.717, 1.165) is 80.8 Å². The van der Waals surface area contributed by atoms with Crippen molar-refractivity contribution in [1.29, 1.82) is 0 Å². The van der Waals surface area contributed by atoms with Crippen molar-refractivity contribution in [2.75, 3.05) is 44.7 Å². The number of nitrogens with one attached hydrogen (secondary N) is 1. The molecule has 1 amide bonds. The molecule has 0 bridgehead atoms. The van der Waals surface area contributed by atoms with Gasteiger partial charge in [0.1, 0.15) is 0 Å². The SMILES string of the molecule is Cn1ncc(-c2ccc3nnc(NC(=O)C4CCN(C5COC5)CC4)cc3c2)c1CN1CCCCC1. The van der Waals surface area contributed by atoms with Crippen molar-refractivity contribution in [1.82, 2.24) is 29.8 Å². The van der Waals surface area contributed by atoms with Gasteiger partial charge in [-0.2, -0.15) is 5.10 Å². The minimum absolute atomic E-state index is 0.0128. The highest BCUT2D eigenvalue weighted by Crippen LogP contribution is 2.29. The molecular formula is C27H35N7O2. The number of ether oxygens (including phenoxy) is 1. The van der Waals surface area contributed by atoms with Crippen molar-refractivity contribution in [3.8, 4) is 11.1 Å². The Labute approximate surface area is 211 Å². The normalized spacial score (nSPS) is 20.5. The van der Waals surface area contributed by atoms with Gasteiger partial charge in [0.15, 0.2) is 5.82 Å². The number of aryl methyl sites for hydroxylation is 1. The molecule has 3 saturated heterocycles. The Bertz CT molecular complexity index is 1220. The smallest absolute Gasteiger partial charge is 0.228 e. The topological polar surface area (TPSA) is 88.4 Å². The predicted octanol–water partition coefficient (Wildman–Crippen LogP) is 3.07. The number of fused-ring (bicyclic) bond motifs is 1. The van der Waals surface area contributed by atoms with Crippen LogP contribution in [0.3, 0.4) is 0 Å². The van der Waals surface area contributed by atoms with E-state index in [9.17, 15) is 4.79 Å². The molecule has 3 aromatic rings. The highest BCUT2D eigenvalue weighted by atomic mass is 16.5. The van der Waals surface area contributed by atoms with Crippen LogP contribution in [0.1, 0.15) is 37.8 Å². The zero-order valence-electron chi connectivity index (χ0n) is 21.0. The number of carbonyl (C=O) groups excluding carboxylic acids is 1. The van der Waals surface area contributed by atoms with E-state index in [0.29, 0.717) is 11.9 Å². The Morgan fingerprint density at radius 3 is 2.61 bits per heavy atom. The molecule has 5 heterocycles. The first-order chi connectivity index (χ1) is 17.6. The lowest BCUT2D eigenvalue weighted by Gasteiger charge is -2.41. The Morgan fingerprint density at radius 2 is 1.86 bits per heavy atom. The van der Waals surface area contributed by atoms with Gasteiger partial charge in [-0.15, -0.1) is 10.2 Å². The van der Waals surface area contributed by atoms with E-state index in [1.54, 1.807) is 0 Å². The Hall–Kier alpha value is -2.88. The summed E-state index contributed by atoms with van der Waals surface area (Å²) in [7, 11) is 2.02. The minimum Gasteiger partial charge on any atom is -0.378 e. The summed E-state index contributed by atoms with van der Waals surface area (Å²) in [5.74, 6) is 0.568. The number of benzene rings is 1. The summed E-state index contributed by atoms with van der Waals surface area (Å²) in [4.78, 5) is 17.9. The van der Waals surface area contributed by atoms with Crippen molar-refractivity contribution in [2.45, 2.75) is 44.7 Å². The van der Waals surface area contributed by atoms with Gasteiger partial charge in [0, 0.05) is 30.5 Å². The molecule has 1 N–H and O–H groups in total. The molecule has 3 aliphatic heterocycles. The summed E-state index contributed by atoms with van der Waals surface area (Å²) in [5, 5.41) is 17.2. The number of carbonyl (C=O) groups is 1. The van der Waals surface area contributed by atoms with E-state index < -0.39 is 0 Å². The molecule has 3 fully saturated rings. The summed E-state index contributed by atoms with van der Waals surface area (Å²) in [5.41, 5.74) is 4.30. The molecule has 6 rings (SSSR count). The number of hydrogen-bond donors (Lipinski definition) is 1. The first kappa shape index (κ1) is 23.5. The molecule has 3 aliphatic rings. The lowest BCUT2D eigenvalue weighted by molar-refractivity contribution is -0.123. The third-order valence-electron chi connectivity index (χ3n) is 8.07. The molecular weight excluding hydrogens is 454 g/mol. The second kappa shape index (κ2) is 10.2. The van der Waals surface area contributed by atoms with Crippen LogP contribution in [0, 0.1) is 5.92 Å². The van der Waals surface area contributed by atoms with Crippen LogP contribution in [0.15, 0.2) is 30.5 Å². The quantitative estimate of drug-likeness (QED) is 0.569. The molecule has 0 saturated carbocycles. The maximum absolute atomic E-state index is 13.0. The minimum atomic E-state index is 0.0128. The molecule has 1 aromatic carbocycles. The summed E-state index contributed by atoms with van der Waals surface area (Å²) >= 11 is 0. The monoisotopic (exact) mass is 489 g/mol. The van der Waals surface area contributed by atoms with Crippen LogP contribution in [0.4, 0.5) is 5.82 Å². The number of piperidine rings is 2. The van der Waals surface area contributed by atoms with E-state index in [2.05, 4.69) is 42.5 Å². The van der Waals surface area contributed by atoms with Crippen LogP contribution in [0.25, 0.3) is 22.0 Å². The summed E-state index contributed by atoms with van der Waals surface area (Å²) in [6.07, 6.45) is 7.56. The van der Waals surface area contributed by atoms with Crippen LogP contribution in [-0.4, -0.2) is 81.1 Å². The number of nitrogens with zero attached hydrogens (tertiary/aromatic N) is 6. The second-order valence-electron chi connectivity index (χ2n) is 10.5. The average molecular weight is 490 g/mol. The maximum atomic E-state index is 13.0. The van der Waals surface area contributed by atoms with Crippen molar-refractivity contribution in [3.63, 3.8) is 0 Å². The standard InChI is InChI=1S/C27H35N7O2/c1-32-25(16-33-9-3-2-4-10-33)23(15-28-32)20-5-6-24-21(13-20)14-26(31-30-24)29-27(35)19-7-11-34(12-8-19)22-17-36-18-22/h5-6,13-15,19,22H,2-4,7-12,16-18H2,1H3,(H,29,31,35). The molecule has 0 unspecified atom stereocenters. The zero-order chi connectivity index (χ0) is 24.5. The highest BCUT2D eigenvalue weighted by Gasteiger charge is 2.32. The molecule has 9 heteroatoms. The van der Waals surface area contributed by atoms with Gasteiger partial charge in [-0.05, 0) is 75.6 Å². The third kappa shape index (κ3) is 4.87. The van der Waals surface area contributed by atoms with Crippen molar-refractivity contribution in [2.24, 2.45) is 13.0 Å². The van der Waals surface area contributed by atoms with Gasteiger partial charge in [0.05, 0.1) is 36.7 Å². The first-order valence-electron chi connectivity index (χ1n) is 13.3. The molecule has 9 nitrogen and oxygen atoms in total. The maximum Gasteiger partial charge on any atom is 0.228 e. The van der Waals surface area contributed by atoms with Gasteiger partial charge < -0.3 is 10.1 Å². The van der Waals surface area contributed by atoms with Crippen LogP contribution in [0.5, 0.6) is 0 Å². The zero-order valence-corrected chi connectivity index (χ0v) is 21.0. The largest absolute Gasteiger partial charge is 0.378 e. The molecule has 36 heavy (non-hydrogen) atoms.